The second-order valence-electron chi connectivity index (χ2n) is 5.03. The van der Waals surface area contributed by atoms with E-state index in [2.05, 4.69) is 47.3 Å². The van der Waals surface area contributed by atoms with Crippen LogP contribution in [-0.2, 0) is 12.5 Å². The highest BCUT2D eigenvalue weighted by molar-refractivity contribution is 5.57. The van der Waals surface area contributed by atoms with Crippen molar-refractivity contribution in [3.63, 3.8) is 0 Å². The Kier molecular flexibility index (Phi) is 2.77. The van der Waals surface area contributed by atoms with E-state index in [-0.39, 0.29) is 5.41 Å². The van der Waals surface area contributed by atoms with Gasteiger partial charge in [0.25, 0.3) is 0 Å². The standard InChI is InChI=1S/C12H19N5/c1-6-12(3,4)10-7-9(17(5)15-10)11-8(2)13-16-14-11/h7H,6H2,1-5H3,(H,13,14,16). The number of H-pyrrole nitrogens is 1. The fourth-order valence-corrected chi connectivity index (χ4v) is 1.73. The van der Waals surface area contributed by atoms with Gasteiger partial charge in [0.2, 0.25) is 0 Å². The Hall–Kier alpha value is -1.65. The largest absolute Gasteiger partial charge is 0.266 e. The molecule has 0 aromatic carbocycles. The van der Waals surface area contributed by atoms with Gasteiger partial charge in [0, 0.05) is 12.5 Å². The third kappa shape index (κ3) is 1.97. The Labute approximate surface area is 101 Å². The average Bonchev–Trinajstić information content (AvgIpc) is 2.85. The van der Waals surface area contributed by atoms with Crippen LogP contribution in [0.15, 0.2) is 6.07 Å². The van der Waals surface area contributed by atoms with E-state index in [1.54, 1.807) is 0 Å². The van der Waals surface area contributed by atoms with Crippen LogP contribution in [0.1, 0.15) is 38.6 Å². The van der Waals surface area contributed by atoms with Gasteiger partial charge >= 0.3 is 0 Å². The molecule has 92 valence electrons. The first kappa shape index (κ1) is 11.8. The first-order valence-corrected chi connectivity index (χ1v) is 5.88. The molecule has 5 heteroatoms. The van der Waals surface area contributed by atoms with Crippen molar-refractivity contribution in [1.82, 2.24) is 25.2 Å². The zero-order valence-corrected chi connectivity index (χ0v) is 11.1. The van der Waals surface area contributed by atoms with Crippen LogP contribution in [-0.4, -0.2) is 25.2 Å². The lowest BCUT2D eigenvalue weighted by Crippen LogP contribution is -2.16. The number of hydrogen-bond acceptors (Lipinski definition) is 3. The number of nitrogens with zero attached hydrogens (tertiary/aromatic N) is 4. The van der Waals surface area contributed by atoms with Crippen LogP contribution in [0.4, 0.5) is 0 Å². The molecule has 0 radical (unpaired) electrons. The number of aromatic nitrogens is 5. The Morgan fingerprint density at radius 1 is 1.35 bits per heavy atom. The summed E-state index contributed by atoms with van der Waals surface area (Å²) < 4.78 is 1.87. The van der Waals surface area contributed by atoms with Crippen LogP contribution in [0.3, 0.4) is 0 Å². The van der Waals surface area contributed by atoms with Gasteiger partial charge in [0.05, 0.1) is 17.1 Å². The highest BCUT2D eigenvalue weighted by atomic mass is 15.3. The van der Waals surface area contributed by atoms with E-state index in [0.29, 0.717) is 0 Å². The predicted molar refractivity (Wildman–Crippen MR) is 66.6 cm³/mol. The number of hydrogen-bond donors (Lipinski definition) is 1. The molecule has 2 aromatic rings. The highest BCUT2D eigenvalue weighted by Crippen LogP contribution is 2.29. The molecule has 0 amide bonds. The van der Waals surface area contributed by atoms with Crippen molar-refractivity contribution in [2.24, 2.45) is 7.05 Å². The van der Waals surface area contributed by atoms with E-state index < -0.39 is 0 Å². The Bertz CT molecular complexity index is 521. The zero-order valence-electron chi connectivity index (χ0n) is 11.1. The van der Waals surface area contributed by atoms with Gasteiger partial charge in [0.1, 0.15) is 5.69 Å². The minimum absolute atomic E-state index is 0.0909. The molecule has 0 saturated carbocycles. The molecular weight excluding hydrogens is 214 g/mol. The molecule has 5 nitrogen and oxygen atoms in total. The van der Waals surface area contributed by atoms with Gasteiger partial charge < -0.3 is 0 Å². The average molecular weight is 233 g/mol. The lowest BCUT2D eigenvalue weighted by molar-refractivity contribution is 0.482. The van der Waals surface area contributed by atoms with Gasteiger partial charge in [0.15, 0.2) is 0 Å². The summed E-state index contributed by atoms with van der Waals surface area (Å²) in [6.45, 7) is 8.52. The van der Waals surface area contributed by atoms with Gasteiger partial charge in [-0.05, 0) is 19.4 Å². The van der Waals surface area contributed by atoms with Gasteiger partial charge in [-0.3, -0.25) is 4.68 Å². The van der Waals surface area contributed by atoms with E-state index in [9.17, 15) is 0 Å². The molecule has 0 bridgehead atoms. The summed E-state index contributed by atoms with van der Waals surface area (Å²) in [7, 11) is 1.94. The smallest absolute Gasteiger partial charge is 0.133 e. The van der Waals surface area contributed by atoms with Gasteiger partial charge in [-0.1, -0.05) is 20.8 Å². The van der Waals surface area contributed by atoms with Crippen molar-refractivity contribution in [3.8, 4) is 11.4 Å². The molecule has 0 aliphatic carbocycles. The molecular formula is C12H19N5. The summed E-state index contributed by atoms with van der Waals surface area (Å²) in [5, 5.41) is 15.4. The maximum atomic E-state index is 4.59. The van der Waals surface area contributed by atoms with Crippen molar-refractivity contribution < 1.29 is 0 Å². The molecule has 0 aliphatic rings. The molecule has 17 heavy (non-hydrogen) atoms. The number of rotatable bonds is 3. The second-order valence-corrected chi connectivity index (χ2v) is 5.03. The summed E-state index contributed by atoms with van der Waals surface area (Å²) in [4.78, 5) is 0. The topological polar surface area (TPSA) is 59.4 Å². The Morgan fingerprint density at radius 2 is 2.06 bits per heavy atom. The molecule has 2 rings (SSSR count). The van der Waals surface area contributed by atoms with E-state index in [1.807, 2.05) is 18.7 Å². The van der Waals surface area contributed by atoms with Crippen LogP contribution in [0, 0.1) is 6.92 Å². The summed E-state index contributed by atoms with van der Waals surface area (Å²) >= 11 is 0. The quantitative estimate of drug-likeness (QED) is 0.884. The zero-order chi connectivity index (χ0) is 12.6. The number of nitrogens with one attached hydrogen (secondary N) is 1. The first-order chi connectivity index (χ1) is 7.95. The van der Waals surface area contributed by atoms with Crippen LogP contribution in [0.25, 0.3) is 11.4 Å². The molecule has 0 saturated heterocycles. The maximum absolute atomic E-state index is 4.59. The maximum Gasteiger partial charge on any atom is 0.133 e. The molecule has 0 atom stereocenters. The third-order valence-electron chi connectivity index (χ3n) is 3.42. The van der Waals surface area contributed by atoms with Gasteiger partial charge in [-0.2, -0.15) is 20.5 Å². The predicted octanol–water partition coefficient (Wildman–Crippen LogP) is 2.20. The van der Waals surface area contributed by atoms with Crippen LogP contribution >= 0.6 is 0 Å². The molecule has 2 aromatic heterocycles. The summed E-state index contributed by atoms with van der Waals surface area (Å²) in [5.41, 5.74) is 3.97. The van der Waals surface area contributed by atoms with Gasteiger partial charge in [-0.15, -0.1) is 0 Å². The summed E-state index contributed by atoms with van der Waals surface area (Å²) in [6, 6.07) is 2.11. The van der Waals surface area contributed by atoms with Crippen LogP contribution in [0.2, 0.25) is 0 Å². The Morgan fingerprint density at radius 3 is 2.59 bits per heavy atom. The van der Waals surface area contributed by atoms with E-state index in [1.165, 1.54) is 0 Å². The van der Waals surface area contributed by atoms with Crippen LogP contribution < -0.4 is 0 Å². The third-order valence-corrected chi connectivity index (χ3v) is 3.42. The lowest BCUT2D eigenvalue weighted by Gasteiger charge is -2.19. The number of aromatic amines is 1. The monoisotopic (exact) mass is 233 g/mol. The normalized spacial score (nSPS) is 12.1. The Balaban J connectivity index is 2.49. The second kappa shape index (κ2) is 3.98. The molecule has 0 fully saturated rings. The first-order valence-electron chi connectivity index (χ1n) is 5.88. The van der Waals surface area contributed by atoms with Crippen LogP contribution in [0.5, 0.6) is 0 Å². The SMILES string of the molecule is CCC(C)(C)c1cc(-c2n[nH]nc2C)n(C)n1. The van der Waals surface area contributed by atoms with Crippen molar-refractivity contribution in [2.75, 3.05) is 0 Å². The fraction of sp³-hybridized carbons (Fsp3) is 0.583. The van der Waals surface area contributed by atoms with Crippen molar-refractivity contribution in [2.45, 2.75) is 39.5 Å². The van der Waals surface area contributed by atoms with Crippen molar-refractivity contribution >= 4 is 0 Å². The summed E-state index contributed by atoms with van der Waals surface area (Å²) in [6.07, 6.45) is 1.06. The molecule has 1 N–H and O–H groups in total. The molecule has 0 unspecified atom stereocenters. The number of aryl methyl sites for hydroxylation is 2. The highest BCUT2D eigenvalue weighted by Gasteiger charge is 2.24. The van der Waals surface area contributed by atoms with Gasteiger partial charge in [-0.25, -0.2) is 0 Å². The van der Waals surface area contributed by atoms with Crippen molar-refractivity contribution in [3.05, 3.63) is 17.5 Å². The summed E-state index contributed by atoms with van der Waals surface area (Å²) in [5.74, 6) is 0. The fourth-order valence-electron chi connectivity index (χ4n) is 1.73. The minimum Gasteiger partial charge on any atom is -0.266 e. The molecule has 0 aliphatic heterocycles. The molecule has 0 spiro atoms. The minimum atomic E-state index is 0.0909. The van der Waals surface area contributed by atoms with E-state index in [0.717, 1.165) is 29.2 Å². The van der Waals surface area contributed by atoms with E-state index in [4.69, 9.17) is 0 Å². The lowest BCUT2D eigenvalue weighted by atomic mass is 9.86. The molecule has 2 heterocycles. The van der Waals surface area contributed by atoms with E-state index >= 15 is 0 Å². The van der Waals surface area contributed by atoms with Crippen molar-refractivity contribution in [1.29, 1.82) is 0 Å².